The summed E-state index contributed by atoms with van der Waals surface area (Å²) in [6.07, 6.45) is 1.20. The van der Waals surface area contributed by atoms with Crippen molar-refractivity contribution in [1.82, 2.24) is 4.90 Å². The van der Waals surface area contributed by atoms with Crippen LogP contribution in [0.25, 0.3) is 0 Å². The van der Waals surface area contributed by atoms with Crippen LogP contribution >= 0.6 is 11.6 Å². The highest BCUT2D eigenvalue weighted by atomic mass is 35.5. The summed E-state index contributed by atoms with van der Waals surface area (Å²) in [5, 5.41) is 0.726. The zero-order chi connectivity index (χ0) is 16.1. The van der Waals surface area contributed by atoms with Gasteiger partial charge in [-0.2, -0.15) is 0 Å². The average molecular weight is 317 g/mol. The highest BCUT2D eigenvalue weighted by Crippen LogP contribution is 2.14. The first kappa shape index (κ1) is 16.4. The van der Waals surface area contributed by atoms with Crippen molar-refractivity contribution in [3.63, 3.8) is 0 Å². The Morgan fingerprint density at radius 1 is 1.09 bits per heavy atom. The van der Waals surface area contributed by atoms with E-state index in [2.05, 4.69) is 6.92 Å². The molecule has 2 aromatic carbocycles. The molecule has 116 valence electrons. The predicted octanol–water partition coefficient (Wildman–Crippen LogP) is 3.55. The van der Waals surface area contributed by atoms with E-state index >= 15 is 0 Å². The van der Waals surface area contributed by atoms with Gasteiger partial charge >= 0.3 is 0 Å². The van der Waals surface area contributed by atoms with E-state index < -0.39 is 0 Å². The zero-order valence-electron chi connectivity index (χ0n) is 12.9. The Balaban J connectivity index is 1.94. The van der Waals surface area contributed by atoms with Gasteiger partial charge in [0.25, 0.3) is 0 Å². The van der Waals surface area contributed by atoms with E-state index in [1.54, 1.807) is 4.90 Å². The first-order valence-corrected chi connectivity index (χ1v) is 7.68. The number of anilines is 1. The SMILES string of the molecule is CC(Cc1ccc(Cl)cc1)N(C)C(=O)Cc1ccc(N)cc1. The second kappa shape index (κ2) is 7.32. The smallest absolute Gasteiger partial charge is 0.226 e. The van der Waals surface area contributed by atoms with E-state index in [-0.39, 0.29) is 11.9 Å². The second-order valence-corrected chi connectivity index (χ2v) is 6.04. The van der Waals surface area contributed by atoms with Crippen LogP contribution in [0.5, 0.6) is 0 Å². The molecule has 4 heteroatoms. The second-order valence-electron chi connectivity index (χ2n) is 5.60. The fraction of sp³-hybridized carbons (Fsp3) is 0.278. The Kier molecular flexibility index (Phi) is 5.45. The Labute approximate surface area is 136 Å². The van der Waals surface area contributed by atoms with Crippen molar-refractivity contribution >= 4 is 23.2 Å². The molecular formula is C18H21ClN2O. The Morgan fingerprint density at radius 2 is 1.64 bits per heavy atom. The van der Waals surface area contributed by atoms with Crippen LogP contribution in [-0.4, -0.2) is 23.9 Å². The Morgan fingerprint density at radius 3 is 2.23 bits per heavy atom. The van der Waals surface area contributed by atoms with Gasteiger partial charge in [0.2, 0.25) is 5.91 Å². The first-order valence-electron chi connectivity index (χ1n) is 7.30. The predicted molar refractivity (Wildman–Crippen MR) is 91.9 cm³/mol. The number of likely N-dealkylation sites (N-methyl/N-ethyl adjacent to an activating group) is 1. The largest absolute Gasteiger partial charge is 0.399 e. The maximum Gasteiger partial charge on any atom is 0.226 e. The topological polar surface area (TPSA) is 46.3 Å². The summed E-state index contributed by atoms with van der Waals surface area (Å²) in [4.78, 5) is 14.2. The number of rotatable bonds is 5. The molecule has 22 heavy (non-hydrogen) atoms. The number of carbonyl (C=O) groups excluding carboxylic acids is 1. The molecule has 0 saturated carbocycles. The van der Waals surface area contributed by atoms with Crippen LogP contribution in [0, 0.1) is 0 Å². The number of amides is 1. The molecule has 1 amide bonds. The summed E-state index contributed by atoms with van der Waals surface area (Å²) in [7, 11) is 1.85. The van der Waals surface area contributed by atoms with Gasteiger partial charge < -0.3 is 10.6 Å². The number of benzene rings is 2. The van der Waals surface area contributed by atoms with Crippen molar-refractivity contribution in [2.45, 2.75) is 25.8 Å². The molecule has 0 saturated heterocycles. The number of nitrogens with two attached hydrogens (primary N) is 1. The molecule has 0 aliphatic carbocycles. The Bertz CT molecular complexity index is 623. The van der Waals surface area contributed by atoms with E-state index in [9.17, 15) is 4.79 Å². The molecule has 2 rings (SSSR count). The lowest BCUT2D eigenvalue weighted by atomic mass is 10.1. The highest BCUT2D eigenvalue weighted by molar-refractivity contribution is 6.30. The zero-order valence-corrected chi connectivity index (χ0v) is 13.7. The monoisotopic (exact) mass is 316 g/mol. The molecule has 0 radical (unpaired) electrons. The van der Waals surface area contributed by atoms with Crippen LogP contribution < -0.4 is 5.73 Å². The van der Waals surface area contributed by atoms with Crippen molar-refractivity contribution in [2.75, 3.05) is 12.8 Å². The molecule has 1 unspecified atom stereocenters. The molecule has 2 aromatic rings. The maximum atomic E-state index is 12.4. The van der Waals surface area contributed by atoms with Crippen LogP contribution in [0.15, 0.2) is 48.5 Å². The minimum Gasteiger partial charge on any atom is -0.399 e. The summed E-state index contributed by atoms with van der Waals surface area (Å²) < 4.78 is 0. The van der Waals surface area contributed by atoms with Crippen molar-refractivity contribution < 1.29 is 4.79 Å². The summed E-state index contributed by atoms with van der Waals surface area (Å²) in [6.45, 7) is 2.05. The van der Waals surface area contributed by atoms with Gasteiger partial charge in [0.1, 0.15) is 0 Å². The first-order chi connectivity index (χ1) is 10.5. The molecule has 3 nitrogen and oxygen atoms in total. The highest BCUT2D eigenvalue weighted by Gasteiger charge is 2.16. The standard InChI is InChI=1S/C18H21ClN2O/c1-13(11-14-3-7-16(19)8-4-14)21(2)18(22)12-15-5-9-17(20)10-6-15/h3-10,13H,11-12,20H2,1-2H3. The van der Waals surface area contributed by atoms with Gasteiger partial charge in [-0.25, -0.2) is 0 Å². The molecule has 0 fully saturated rings. The van der Waals surface area contributed by atoms with E-state index in [1.165, 1.54) is 5.56 Å². The van der Waals surface area contributed by atoms with E-state index in [0.717, 1.165) is 17.0 Å². The molecule has 1 atom stereocenters. The van der Waals surface area contributed by atoms with E-state index in [0.29, 0.717) is 12.1 Å². The molecule has 0 heterocycles. The van der Waals surface area contributed by atoms with Crippen molar-refractivity contribution in [3.8, 4) is 0 Å². The van der Waals surface area contributed by atoms with Crippen LogP contribution in [0.1, 0.15) is 18.1 Å². The lowest BCUT2D eigenvalue weighted by molar-refractivity contribution is -0.130. The molecular weight excluding hydrogens is 296 g/mol. The number of halogens is 1. The maximum absolute atomic E-state index is 12.4. The van der Waals surface area contributed by atoms with Crippen LogP contribution in [0.3, 0.4) is 0 Å². The molecule has 0 aliphatic rings. The normalized spacial score (nSPS) is 12.0. The number of nitrogen functional groups attached to an aromatic ring is 1. The van der Waals surface area contributed by atoms with Crippen molar-refractivity contribution in [3.05, 3.63) is 64.7 Å². The lowest BCUT2D eigenvalue weighted by Crippen LogP contribution is -2.37. The molecule has 0 aliphatic heterocycles. The lowest BCUT2D eigenvalue weighted by Gasteiger charge is -2.25. The quantitative estimate of drug-likeness (QED) is 0.857. The fourth-order valence-electron chi connectivity index (χ4n) is 2.28. The molecule has 0 aromatic heterocycles. The summed E-state index contributed by atoms with van der Waals surface area (Å²) in [5.41, 5.74) is 8.51. The average Bonchev–Trinajstić information content (AvgIpc) is 2.51. The Hall–Kier alpha value is -2.00. The number of hydrogen-bond acceptors (Lipinski definition) is 2. The van der Waals surface area contributed by atoms with Gasteiger partial charge in [0.05, 0.1) is 6.42 Å². The van der Waals surface area contributed by atoms with Crippen molar-refractivity contribution in [2.24, 2.45) is 0 Å². The summed E-state index contributed by atoms with van der Waals surface area (Å²) >= 11 is 5.89. The molecule has 0 spiro atoms. The summed E-state index contributed by atoms with van der Waals surface area (Å²) in [6, 6.07) is 15.3. The van der Waals surface area contributed by atoms with Crippen LogP contribution in [-0.2, 0) is 17.6 Å². The third-order valence-corrected chi connectivity index (χ3v) is 4.09. The number of carbonyl (C=O) groups is 1. The number of hydrogen-bond donors (Lipinski definition) is 1. The van der Waals surface area contributed by atoms with Gasteiger partial charge in [-0.3, -0.25) is 4.79 Å². The van der Waals surface area contributed by atoms with Gasteiger partial charge in [-0.05, 0) is 48.7 Å². The van der Waals surface area contributed by atoms with E-state index in [4.69, 9.17) is 17.3 Å². The summed E-state index contributed by atoms with van der Waals surface area (Å²) in [5.74, 6) is 0.103. The fourth-order valence-corrected chi connectivity index (χ4v) is 2.41. The van der Waals surface area contributed by atoms with Crippen LogP contribution in [0.2, 0.25) is 5.02 Å². The third-order valence-electron chi connectivity index (χ3n) is 3.83. The molecule has 0 bridgehead atoms. The van der Waals surface area contributed by atoms with Crippen molar-refractivity contribution in [1.29, 1.82) is 0 Å². The van der Waals surface area contributed by atoms with Gasteiger partial charge in [0, 0.05) is 23.8 Å². The van der Waals surface area contributed by atoms with Crippen LogP contribution in [0.4, 0.5) is 5.69 Å². The number of nitrogens with zero attached hydrogens (tertiary/aromatic N) is 1. The van der Waals surface area contributed by atoms with Gasteiger partial charge in [-0.1, -0.05) is 35.9 Å². The molecule has 2 N–H and O–H groups in total. The minimum absolute atomic E-state index is 0.103. The van der Waals surface area contributed by atoms with E-state index in [1.807, 2.05) is 55.6 Å². The third kappa shape index (κ3) is 4.50. The van der Waals surface area contributed by atoms with Gasteiger partial charge in [0.15, 0.2) is 0 Å². The van der Waals surface area contributed by atoms with Gasteiger partial charge in [-0.15, -0.1) is 0 Å². The minimum atomic E-state index is 0.103.